The average Bonchev–Trinajstić information content (AvgIpc) is 3.20. The fourth-order valence-corrected chi connectivity index (χ4v) is 4.48. The highest BCUT2D eigenvalue weighted by molar-refractivity contribution is 5.91. The van der Waals surface area contributed by atoms with Gasteiger partial charge in [0.25, 0.3) is 5.60 Å². The number of para-hydroxylation sites is 1. The van der Waals surface area contributed by atoms with Gasteiger partial charge in [0, 0.05) is 17.0 Å². The summed E-state index contributed by atoms with van der Waals surface area (Å²) in [5, 5.41) is 15.5. The Morgan fingerprint density at radius 1 is 1.12 bits per heavy atom. The number of nitrogens with zero attached hydrogens (tertiary/aromatic N) is 2. The van der Waals surface area contributed by atoms with E-state index in [1.54, 1.807) is 54.6 Å². The summed E-state index contributed by atoms with van der Waals surface area (Å²) in [7, 11) is 0.822. The summed E-state index contributed by atoms with van der Waals surface area (Å²) >= 11 is 0. The van der Waals surface area contributed by atoms with Gasteiger partial charge in [0.2, 0.25) is 0 Å². The number of aromatic nitrogens is 2. The lowest BCUT2D eigenvalue weighted by atomic mass is 9.72. The summed E-state index contributed by atoms with van der Waals surface area (Å²) < 4.78 is 48.4. The van der Waals surface area contributed by atoms with Crippen LogP contribution in [0.4, 0.5) is 19.0 Å². The number of methoxy groups -OCH3 is 1. The molecule has 0 bridgehead atoms. The van der Waals surface area contributed by atoms with Crippen LogP contribution in [-0.4, -0.2) is 39.7 Å². The van der Waals surface area contributed by atoms with E-state index >= 15 is 0 Å². The van der Waals surface area contributed by atoms with E-state index in [2.05, 4.69) is 9.84 Å². The van der Waals surface area contributed by atoms with Crippen molar-refractivity contribution in [1.82, 2.24) is 9.78 Å². The molecule has 1 aliphatic rings. The summed E-state index contributed by atoms with van der Waals surface area (Å²) in [6.45, 7) is 0. The molecule has 6 nitrogen and oxygen atoms in total. The standard InChI is InChI=1S/C25H24F3N3O3/c1-34-23(32)24(33,25(26,27)28)19-15-9-8-14-18(19)20-21(16-10-4-2-5-11-16)30-31(22(20)29)17-12-6-3-7-13-17/h2-7,10-14,19,33H,8-9,15,29H2,1H3/t19?,24-/m0/s1. The molecule has 1 unspecified atom stereocenters. The second-order valence-corrected chi connectivity index (χ2v) is 8.12. The molecule has 178 valence electrons. The van der Waals surface area contributed by atoms with Crippen LogP contribution < -0.4 is 5.73 Å². The summed E-state index contributed by atoms with van der Waals surface area (Å²) in [5.41, 5.74) is 4.77. The van der Waals surface area contributed by atoms with E-state index in [1.165, 1.54) is 4.68 Å². The van der Waals surface area contributed by atoms with Gasteiger partial charge in [0.15, 0.2) is 0 Å². The predicted molar refractivity (Wildman–Crippen MR) is 122 cm³/mol. The molecule has 3 aromatic rings. The number of nitrogen functional groups attached to an aromatic ring is 1. The molecule has 0 radical (unpaired) electrons. The van der Waals surface area contributed by atoms with E-state index in [1.807, 2.05) is 12.1 Å². The van der Waals surface area contributed by atoms with Crippen LogP contribution >= 0.6 is 0 Å². The van der Waals surface area contributed by atoms with Crippen LogP contribution in [0.25, 0.3) is 22.5 Å². The first-order valence-electron chi connectivity index (χ1n) is 10.8. The smallest absolute Gasteiger partial charge is 0.428 e. The number of allylic oxidation sites excluding steroid dienone is 1. The van der Waals surface area contributed by atoms with Gasteiger partial charge in [-0.2, -0.15) is 18.3 Å². The number of anilines is 1. The summed E-state index contributed by atoms with van der Waals surface area (Å²) in [4.78, 5) is 12.4. The Morgan fingerprint density at radius 3 is 2.32 bits per heavy atom. The minimum atomic E-state index is -5.27. The Morgan fingerprint density at radius 2 is 1.74 bits per heavy atom. The minimum Gasteiger partial charge on any atom is -0.467 e. The molecule has 3 N–H and O–H groups in total. The third-order valence-corrected chi connectivity index (χ3v) is 6.13. The van der Waals surface area contributed by atoms with Gasteiger partial charge in [-0.25, -0.2) is 9.48 Å². The second-order valence-electron chi connectivity index (χ2n) is 8.12. The second kappa shape index (κ2) is 8.98. The number of alkyl halides is 3. The lowest BCUT2D eigenvalue weighted by Gasteiger charge is -2.38. The van der Waals surface area contributed by atoms with Crippen LogP contribution in [0.3, 0.4) is 0 Å². The van der Waals surface area contributed by atoms with Gasteiger partial charge in [-0.3, -0.25) is 0 Å². The molecule has 1 heterocycles. The number of rotatable bonds is 5. The average molecular weight is 471 g/mol. The maximum atomic E-state index is 14.2. The molecule has 4 rings (SSSR count). The number of ether oxygens (including phenoxy) is 1. The fourth-order valence-electron chi connectivity index (χ4n) is 4.48. The Balaban J connectivity index is 1.97. The number of carbonyl (C=O) groups is 1. The van der Waals surface area contributed by atoms with Crippen molar-refractivity contribution in [3.63, 3.8) is 0 Å². The van der Waals surface area contributed by atoms with Gasteiger partial charge in [-0.05, 0) is 37.0 Å². The predicted octanol–water partition coefficient (Wildman–Crippen LogP) is 4.77. The number of aliphatic hydroxyl groups is 1. The molecule has 2 atom stereocenters. The Hall–Kier alpha value is -3.59. The molecule has 0 saturated carbocycles. The molecular formula is C25H24F3N3O3. The largest absolute Gasteiger partial charge is 0.467 e. The van der Waals surface area contributed by atoms with Crippen molar-refractivity contribution in [3.05, 3.63) is 72.3 Å². The molecule has 1 aliphatic carbocycles. The molecule has 0 spiro atoms. The van der Waals surface area contributed by atoms with E-state index in [0.29, 0.717) is 29.8 Å². The highest BCUT2D eigenvalue weighted by Crippen LogP contribution is 2.50. The van der Waals surface area contributed by atoms with Crippen LogP contribution in [0.2, 0.25) is 0 Å². The molecule has 2 aromatic carbocycles. The highest BCUT2D eigenvalue weighted by Gasteiger charge is 2.66. The van der Waals surface area contributed by atoms with E-state index < -0.39 is 23.7 Å². The lowest BCUT2D eigenvalue weighted by Crippen LogP contribution is -2.58. The number of halogens is 3. The first-order chi connectivity index (χ1) is 16.2. The quantitative estimate of drug-likeness (QED) is 0.523. The zero-order chi connectivity index (χ0) is 24.5. The molecule has 34 heavy (non-hydrogen) atoms. The monoisotopic (exact) mass is 471 g/mol. The van der Waals surface area contributed by atoms with Crippen molar-refractivity contribution >= 4 is 17.4 Å². The minimum absolute atomic E-state index is 0.0822. The van der Waals surface area contributed by atoms with Gasteiger partial charge in [-0.15, -0.1) is 0 Å². The summed E-state index contributed by atoms with van der Waals surface area (Å²) in [6.07, 6.45) is -2.93. The third kappa shape index (κ3) is 3.86. The van der Waals surface area contributed by atoms with Gasteiger partial charge in [0.05, 0.1) is 12.8 Å². The van der Waals surface area contributed by atoms with Crippen molar-refractivity contribution in [2.75, 3.05) is 12.8 Å². The van der Waals surface area contributed by atoms with Gasteiger partial charge < -0.3 is 15.6 Å². The zero-order valence-corrected chi connectivity index (χ0v) is 18.4. The summed E-state index contributed by atoms with van der Waals surface area (Å²) in [5.74, 6) is -3.27. The highest BCUT2D eigenvalue weighted by atomic mass is 19.4. The van der Waals surface area contributed by atoms with Gasteiger partial charge >= 0.3 is 12.1 Å². The van der Waals surface area contributed by atoms with Crippen LogP contribution in [0.15, 0.2) is 66.7 Å². The molecule has 0 fully saturated rings. The topological polar surface area (TPSA) is 90.4 Å². The van der Waals surface area contributed by atoms with Crippen molar-refractivity contribution in [2.45, 2.75) is 31.0 Å². The van der Waals surface area contributed by atoms with Crippen LogP contribution in [0.5, 0.6) is 0 Å². The Labute approximate surface area is 194 Å². The number of hydrogen-bond donors (Lipinski definition) is 2. The molecule has 0 aliphatic heterocycles. The summed E-state index contributed by atoms with van der Waals surface area (Å²) in [6, 6.07) is 17.9. The molecule has 1 aromatic heterocycles. The Kier molecular flexibility index (Phi) is 6.22. The van der Waals surface area contributed by atoms with Crippen molar-refractivity contribution in [2.24, 2.45) is 5.92 Å². The maximum absolute atomic E-state index is 14.2. The zero-order valence-electron chi connectivity index (χ0n) is 18.4. The van der Waals surface area contributed by atoms with Gasteiger partial charge in [0.1, 0.15) is 11.5 Å². The number of esters is 1. The number of benzene rings is 2. The molecular weight excluding hydrogens is 447 g/mol. The molecule has 9 heteroatoms. The third-order valence-electron chi connectivity index (χ3n) is 6.13. The molecule has 0 saturated heterocycles. The van der Waals surface area contributed by atoms with E-state index in [0.717, 1.165) is 7.11 Å². The van der Waals surface area contributed by atoms with Crippen molar-refractivity contribution in [1.29, 1.82) is 0 Å². The fraction of sp³-hybridized carbons (Fsp3) is 0.280. The van der Waals surface area contributed by atoms with Crippen LogP contribution in [0, 0.1) is 5.92 Å². The van der Waals surface area contributed by atoms with Crippen molar-refractivity contribution in [3.8, 4) is 16.9 Å². The number of hydrogen-bond acceptors (Lipinski definition) is 5. The van der Waals surface area contributed by atoms with E-state index in [9.17, 15) is 23.1 Å². The molecule has 0 amide bonds. The maximum Gasteiger partial charge on any atom is 0.428 e. The van der Waals surface area contributed by atoms with E-state index in [4.69, 9.17) is 5.73 Å². The number of carbonyl (C=O) groups excluding carboxylic acids is 1. The number of nitrogens with two attached hydrogens (primary N) is 1. The Bertz CT molecular complexity index is 1210. The first kappa shape index (κ1) is 23.6. The van der Waals surface area contributed by atoms with E-state index in [-0.39, 0.29) is 23.4 Å². The van der Waals surface area contributed by atoms with Crippen molar-refractivity contribution < 1.29 is 27.8 Å². The normalized spacial score (nSPS) is 18.1. The lowest BCUT2D eigenvalue weighted by molar-refractivity contribution is -0.272. The SMILES string of the molecule is COC(=O)[C@@](O)(C1CCCC=C1c1c(-c2ccccc2)nn(-c2ccccc2)c1N)C(F)(F)F. The van der Waals surface area contributed by atoms with Crippen LogP contribution in [0.1, 0.15) is 24.8 Å². The van der Waals surface area contributed by atoms with Gasteiger partial charge in [-0.1, -0.05) is 54.6 Å². The first-order valence-corrected chi connectivity index (χ1v) is 10.8. The van der Waals surface area contributed by atoms with Crippen LogP contribution in [-0.2, 0) is 9.53 Å².